The smallest absolute Gasteiger partial charge is 0.326 e. The molecule has 0 spiro atoms. The van der Waals surface area contributed by atoms with Crippen LogP contribution in [0.25, 0.3) is 10.9 Å². The Morgan fingerprint density at radius 2 is 1.97 bits per heavy atom. The zero-order valence-electron chi connectivity index (χ0n) is 19.9. The van der Waals surface area contributed by atoms with Gasteiger partial charge >= 0.3 is 5.97 Å². The van der Waals surface area contributed by atoms with Gasteiger partial charge in [0, 0.05) is 55.5 Å². The quantitative estimate of drug-likeness (QED) is 0.545. The van der Waals surface area contributed by atoms with Crippen molar-refractivity contribution >= 4 is 34.4 Å². The molecule has 2 atom stereocenters. The molecule has 1 fully saturated rings. The van der Waals surface area contributed by atoms with Gasteiger partial charge in [-0.1, -0.05) is 46.4 Å². The Balaban J connectivity index is 0.000000266. The third-order valence-corrected chi connectivity index (χ3v) is 6.07. The summed E-state index contributed by atoms with van der Waals surface area (Å²) in [6.07, 6.45) is 2.94. The van der Waals surface area contributed by atoms with E-state index in [1.807, 2.05) is 31.2 Å². The SMILES string of the molecule is C.CC(C)(C)C(=O)N[C@@H](Cc1c[nH]c2ccccc12)C(=O)O.CN1N=C2CCNCC2(C)C1=O. The van der Waals surface area contributed by atoms with E-state index in [2.05, 4.69) is 20.7 Å². The lowest BCUT2D eigenvalue weighted by atomic mass is 9.81. The number of carboxylic acid groups (broad SMARTS) is 1. The van der Waals surface area contributed by atoms with E-state index in [9.17, 15) is 19.5 Å². The molecule has 186 valence electrons. The van der Waals surface area contributed by atoms with Gasteiger partial charge in [0.25, 0.3) is 5.91 Å². The Hall–Kier alpha value is -3.20. The predicted molar refractivity (Wildman–Crippen MR) is 134 cm³/mol. The van der Waals surface area contributed by atoms with Crippen LogP contribution in [0.3, 0.4) is 0 Å². The fourth-order valence-corrected chi connectivity index (χ4v) is 3.96. The lowest BCUT2D eigenvalue weighted by Gasteiger charge is -2.28. The summed E-state index contributed by atoms with van der Waals surface area (Å²) in [5.41, 5.74) is 1.90. The molecular weight excluding hydrogens is 434 g/mol. The van der Waals surface area contributed by atoms with Crippen molar-refractivity contribution in [1.82, 2.24) is 20.6 Å². The zero-order chi connectivity index (χ0) is 24.4. The highest BCUT2D eigenvalue weighted by molar-refractivity contribution is 6.12. The number of carbonyl (C=O) groups excluding carboxylic acids is 2. The molecule has 9 nitrogen and oxygen atoms in total. The second kappa shape index (κ2) is 10.4. The number of hydrogen-bond donors (Lipinski definition) is 4. The second-order valence-electron chi connectivity index (χ2n) is 9.81. The van der Waals surface area contributed by atoms with Crippen molar-refractivity contribution in [3.63, 3.8) is 0 Å². The number of nitrogens with zero attached hydrogens (tertiary/aromatic N) is 2. The number of rotatable bonds is 4. The van der Waals surface area contributed by atoms with E-state index in [1.165, 1.54) is 5.01 Å². The number of H-pyrrole nitrogens is 1. The normalized spacial score (nSPS) is 20.4. The summed E-state index contributed by atoms with van der Waals surface area (Å²) >= 11 is 0. The fourth-order valence-electron chi connectivity index (χ4n) is 3.96. The third-order valence-electron chi connectivity index (χ3n) is 6.07. The van der Waals surface area contributed by atoms with Gasteiger partial charge in [0.1, 0.15) is 11.5 Å². The molecule has 2 aliphatic heterocycles. The molecule has 2 amide bonds. The number of hydrazone groups is 1. The van der Waals surface area contributed by atoms with Crippen molar-refractivity contribution in [1.29, 1.82) is 0 Å². The largest absolute Gasteiger partial charge is 0.480 e. The highest BCUT2D eigenvalue weighted by Gasteiger charge is 2.46. The number of piperidine rings is 1. The maximum Gasteiger partial charge on any atom is 0.326 e. The first kappa shape index (κ1) is 27.0. The first-order valence-electron chi connectivity index (χ1n) is 11.1. The van der Waals surface area contributed by atoms with Crippen molar-refractivity contribution in [3.8, 4) is 0 Å². The highest BCUT2D eigenvalue weighted by atomic mass is 16.4. The molecule has 0 radical (unpaired) electrons. The second-order valence-corrected chi connectivity index (χ2v) is 9.81. The van der Waals surface area contributed by atoms with Crippen LogP contribution in [0, 0.1) is 10.8 Å². The number of carboxylic acids is 1. The average molecular weight is 472 g/mol. The monoisotopic (exact) mass is 471 g/mol. The molecule has 1 aromatic heterocycles. The van der Waals surface area contributed by atoms with Crippen LogP contribution >= 0.6 is 0 Å². The number of hydrogen-bond acceptors (Lipinski definition) is 5. The van der Waals surface area contributed by atoms with E-state index in [-0.39, 0.29) is 31.1 Å². The zero-order valence-corrected chi connectivity index (χ0v) is 19.9. The minimum absolute atomic E-state index is 0. The number of para-hydroxylation sites is 1. The van der Waals surface area contributed by atoms with Gasteiger partial charge in [0.15, 0.2) is 0 Å². The number of benzene rings is 1. The van der Waals surface area contributed by atoms with Crippen LogP contribution < -0.4 is 10.6 Å². The molecule has 1 saturated heterocycles. The van der Waals surface area contributed by atoms with E-state index in [1.54, 1.807) is 34.0 Å². The van der Waals surface area contributed by atoms with Gasteiger partial charge in [0.2, 0.25) is 5.91 Å². The van der Waals surface area contributed by atoms with Crippen LogP contribution in [0.15, 0.2) is 35.6 Å². The van der Waals surface area contributed by atoms with Crippen LogP contribution in [0.5, 0.6) is 0 Å². The molecule has 4 N–H and O–H groups in total. The molecule has 0 saturated carbocycles. The number of nitrogens with one attached hydrogen (secondary N) is 3. The molecular formula is C25H37N5O4. The molecule has 0 bridgehead atoms. The van der Waals surface area contributed by atoms with Crippen molar-refractivity contribution in [2.75, 3.05) is 20.1 Å². The molecule has 9 heteroatoms. The van der Waals surface area contributed by atoms with E-state index >= 15 is 0 Å². The van der Waals surface area contributed by atoms with E-state index < -0.39 is 17.4 Å². The van der Waals surface area contributed by atoms with Crippen LogP contribution in [0.1, 0.15) is 47.1 Å². The molecule has 4 rings (SSSR count). The fraction of sp³-hybridized carbons (Fsp3) is 0.520. The van der Waals surface area contributed by atoms with Gasteiger partial charge in [0.05, 0.1) is 5.71 Å². The first-order valence-corrected chi connectivity index (χ1v) is 11.1. The highest BCUT2D eigenvalue weighted by Crippen LogP contribution is 2.30. The van der Waals surface area contributed by atoms with Crippen molar-refractivity contribution in [2.24, 2.45) is 15.9 Å². The van der Waals surface area contributed by atoms with Gasteiger partial charge < -0.3 is 20.7 Å². The Bertz CT molecular complexity index is 1080. The number of fused-ring (bicyclic) bond motifs is 2. The number of aromatic nitrogens is 1. The summed E-state index contributed by atoms with van der Waals surface area (Å²) < 4.78 is 0. The summed E-state index contributed by atoms with van der Waals surface area (Å²) in [7, 11) is 1.72. The first-order chi connectivity index (χ1) is 15.4. The topological polar surface area (TPSA) is 127 Å². The Morgan fingerprint density at radius 1 is 1.29 bits per heavy atom. The Morgan fingerprint density at radius 3 is 2.59 bits per heavy atom. The lowest BCUT2D eigenvalue weighted by Crippen LogP contribution is -2.48. The minimum atomic E-state index is -1.03. The number of amides is 2. The van der Waals surface area contributed by atoms with Gasteiger partial charge in [-0.15, -0.1) is 0 Å². The molecule has 1 unspecified atom stereocenters. The maximum atomic E-state index is 12.0. The minimum Gasteiger partial charge on any atom is -0.480 e. The number of carbonyl (C=O) groups is 3. The standard InChI is InChI=1S/C16H20N2O3.C8H13N3O.CH4/c1-16(2,3)15(21)18-13(14(19)20)8-10-9-17-12-7-5-4-6-11(10)12;1-8-5-9-4-3-6(8)10-11(2)7(8)12;/h4-7,9,13,17H,8H2,1-3H3,(H,18,21)(H,19,20);9H,3-5H2,1-2H3;1H4/t13-;;/m0../s1. The summed E-state index contributed by atoms with van der Waals surface area (Å²) in [4.78, 5) is 38.1. The van der Waals surface area contributed by atoms with Gasteiger partial charge in [-0.2, -0.15) is 5.10 Å². The van der Waals surface area contributed by atoms with E-state index in [4.69, 9.17) is 0 Å². The molecule has 1 aromatic carbocycles. The maximum absolute atomic E-state index is 12.0. The molecule has 2 aromatic rings. The van der Waals surface area contributed by atoms with E-state index in [0.717, 1.165) is 41.7 Å². The summed E-state index contributed by atoms with van der Waals surface area (Å²) in [5, 5.41) is 21.8. The van der Waals surface area contributed by atoms with Gasteiger partial charge in [-0.05, 0) is 18.6 Å². The Kier molecular flexibility index (Phi) is 8.26. The van der Waals surface area contributed by atoms with Crippen LogP contribution in [0.4, 0.5) is 0 Å². The van der Waals surface area contributed by atoms with Gasteiger partial charge in [-0.25, -0.2) is 9.80 Å². The van der Waals surface area contributed by atoms with Crippen LogP contribution in [-0.4, -0.2) is 64.8 Å². The van der Waals surface area contributed by atoms with E-state index in [0.29, 0.717) is 0 Å². The molecule has 34 heavy (non-hydrogen) atoms. The predicted octanol–water partition coefficient (Wildman–Crippen LogP) is 2.78. The van der Waals surface area contributed by atoms with Crippen molar-refractivity contribution in [3.05, 3.63) is 36.0 Å². The van der Waals surface area contributed by atoms with Crippen LogP contribution in [-0.2, 0) is 20.8 Å². The van der Waals surface area contributed by atoms with Gasteiger partial charge in [-0.3, -0.25) is 9.59 Å². The average Bonchev–Trinajstić information content (AvgIpc) is 3.26. The molecule has 3 heterocycles. The summed E-state index contributed by atoms with van der Waals surface area (Å²) in [6, 6.07) is 6.76. The van der Waals surface area contributed by atoms with Crippen molar-refractivity contribution < 1.29 is 19.5 Å². The number of aromatic amines is 1. The van der Waals surface area contributed by atoms with Crippen LogP contribution in [0.2, 0.25) is 0 Å². The summed E-state index contributed by atoms with van der Waals surface area (Å²) in [6.45, 7) is 8.90. The number of aliphatic carboxylic acids is 1. The lowest BCUT2D eigenvalue weighted by molar-refractivity contribution is -0.143. The molecule has 0 aliphatic carbocycles. The van der Waals surface area contributed by atoms with Crippen molar-refractivity contribution in [2.45, 2.75) is 54.0 Å². The Labute approximate surface area is 201 Å². The summed E-state index contributed by atoms with van der Waals surface area (Å²) in [5.74, 6) is -1.18. The molecule has 2 aliphatic rings. The third kappa shape index (κ3) is 5.64.